The molecule has 7 heteroatoms. The Hall–Kier alpha value is -2.70. The molecule has 3 aromatic rings. The lowest BCUT2D eigenvalue weighted by atomic mass is 10.1. The van der Waals surface area contributed by atoms with E-state index in [0.717, 1.165) is 0 Å². The summed E-state index contributed by atoms with van der Waals surface area (Å²) in [5.41, 5.74) is 8.08. The third-order valence-electron chi connectivity index (χ3n) is 3.10. The van der Waals surface area contributed by atoms with Crippen LogP contribution in [0.1, 0.15) is 0 Å². The Morgan fingerprint density at radius 2 is 2.05 bits per heavy atom. The summed E-state index contributed by atoms with van der Waals surface area (Å²) in [6.07, 6.45) is 1.35. The van der Waals surface area contributed by atoms with E-state index in [-0.39, 0.29) is 5.82 Å². The normalized spacial score (nSPS) is 10.9. The van der Waals surface area contributed by atoms with Gasteiger partial charge in [0.25, 0.3) is 0 Å². The molecule has 0 saturated heterocycles. The number of aromatic nitrogens is 4. The molecule has 0 radical (unpaired) electrons. The average molecular weight is 272 g/mol. The Labute approximate surface area is 114 Å². The fourth-order valence-corrected chi connectivity index (χ4v) is 2.11. The topological polar surface area (TPSA) is 83.7 Å². The standard InChI is InChI=1S/C13H13FN6/c1-20(2)9-4-3-7(5-8(9)14)11-10-12(15)16-6-17-13(10)19-18-11/h3-6H,1-2H3,(H3,15,16,17,18,19). The van der Waals surface area contributed by atoms with Crippen LogP contribution in [0.5, 0.6) is 0 Å². The molecule has 0 fully saturated rings. The summed E-state index contributed by atoms with van der Waals surface area (Å²) in [6.45, 7) is 0. The lowest BCUT2D eigenvalue weighted by Gasteiger charge is -2.13. The summed E-state index contributed by atoms with van der Waals surface area (Å²) in [6, 6.07) is 4.95. The predicted octanol–water partition coefficient (Wildman–Crippen LogP) is 1.81. The molecule has 0 amide bonds. The smallest absolute Gasteiger partial charge is 0.186 e. The average Bonchev–Trinajstić information content (AvgIpc) is 2.83. The van der Waals surface area contributed by atoms with E-state index < -0.39 is 0 Å². The highest BCUT2D eigenvalue weighted by atomic mass is 19.1. The summed E-state index contributed by atoms with van der Waals surface area (Å²) in [5.74, 6) is 0.00140. The van der Waals surface area contributed by atoms with Gasteiger partial charge in [-0.15, -0.1) is 0 Å². The largest absolute Gasteiger partial charge is 0.383 e. The van der Waals surface area contributed by atoms with Crippen molar-refractivity contribution in [2.45, 2.75) is 0 Å². The van der Waals surface area contributed by atoms with Crippen LogP contribution in [0.25, 0.3) is 22.3 Å². The maximum Gasteiger partial charge on any atom is 0.186 e. The Kier molecular flexibility index (Phi) is 2.74. The molecular formula is C13H13FN6. The molecule has 20 heavy (non-hydrogen) atoms. The highest BCUT2D eigenvalue weighted by Crippen LogP contribution is 2.30. The molecular weight excluding hydrogens is 259 g/mol. The molecule has 0 saturated carbocycles. The lowest BCUT2D eigenvalue weighted by molar-refractivity contribution is 0.626. The highest BCUT2D eigenvalue weighted by molar-refractivity contribution is 5.97. The molecule has 3 rings (SSSR count). The van der Waals surface area contributed by atoms with Gasteiger partial charge in [0.1, 0.15) is 18.0 Å². The quantitative estimate of drug-likeness (QED) is 0.743. The van der Waals surface area contributed by atoms with Crippen LogP contribution in [0.3, 0.4) is 0 Å². The SMILES string of the molecule is CN(C)c1ccc(-c2[nH]nc3ncnc(N)c23)cc1F. The number of hydrogen-bond donors (Lipinski definition) is 2. The summed E-state index contributed by atoms with van der Waals surface area (Å²) in [4.78, 5) is 9.67. The molecule has 0 spiro atoms. The minimum absolute atomic E-state index is 0.314. The van der Waals surface area contributed by atoms with Crippen LogP contribution < -0.4 is 10.6 Å². The van der Waals surface area contributed by atoms with Crippen molar-refractivity contribution in [2.24, 2.45) is 0 Å². The first kappa shape index (κ1) is 12.3. The number of aromatic amines is 1. The fraction of sp³-hybridized carbons (Fsp3) is 0.154. The zero-order chi connectivity index (χ0) is 14.3. The van der Waals surface area contributed by atoms with Crippen LogP contribution in [0, 0.1) is 5.82 Å². The van der Waals surface area contributed by atoms with E-state index in [4.69, 9.17) is 5.73 Å². The van der Waals surface area contributed by atoms with Gasteiger partial charge in [-0.05, 0) is 12.1 Å². The Morgan fingerprint density at radius 1 is 1.25 bits per heavy atom. The number of nitrogen functional groups attached to an aromatic ring is 1. The zero-order valence-corrected chi connectivity index (χ0v) is 11.1. The summed E-state index contributed by atoms with van der Waals surface area (Å²) < 4.78 is 14.1. The first-order valence-electron chi connectivity index (χ1n) is 5.99. The van der Waals surface area contributed by atoms with Crippen molar-refractivity contribution in [1.29, 1.82) is 0 Å². The van der Waals surface area contributed by atoms with Crippen molar-refractivity contribution in [3.05, 3.63) is 30.3 Å². The second-order valence-electron chi connectivity index (χ2n) is 4.62. The third-order valence-corrected chi connectivity index (χ3v) is 3.10. The van der Waals surface area contributed by atoms with Crippen LogP contribution in [0.15, 0.2) is 24.5 Å². The van der Waals surface area contributed by atoms with Gasteiger partial charge < -0.3 is 10.6 Å². The third kappa shape index (κ3) is 1.83. The molecule has 3 N–H and O–H groups in total. The van der Waals surface area contributed by atoms with E-state index in [1.54, 1.807) is 31.1 Å². The van der Waals surface area contributed by atoms with Gasteiger partial charge in [0.2, 0.25) is 0 Å². The van der Waals surface area contributed by atoms with Crippen molar-refractivity contribution in [3.63, 3.8) is 0 Å². The number of fused-ring (bicyclic) bond motifs is 1. The Balaban J connectivity index is 2.19. The molecule has 0 aliphatic heterocycles. The zero-order valence-electron chi connectivity index (χ0n) is 11.1. The van der Waals surface area contributed by atoms with Gasteiger partial charge in [0.15, 0.2) is 5.65 Å². The predicted molar refractivity (Wildman–Crippen MR) is 75.8 cm³/mol. The van der Waals surface area contributed by atoms with Crippen molar-refractivity contribution < 1.29 is 4.39 Å². The molecule has 2 aromatic heterocycles. The number of nitrogens with zero attached hydrogens (tertiary/aromatic N) is 4. The first-order chi connectivity index (χ1) is 9.58. The van der Waals surface area contributed by atoms with E-state index in [0.29, 0.717) is 33.8 Å². The number of halogens is 1. The van der Waals surface area contributed by atoms with E-state index in [1.807, 2.05) is 0 Å². The molecule has 0 unspecified atom stereocenters. The molecule has 102 valence electrons. The lowest BCUT2D eigenvalue weighted by Crippen LogP contribution is -2.10. The molecule has 0 aliphatic carbocycles. The monoisotopic (exact) mass is 272 g/mol. The molecule has 0 bridgehead atoms. The second kappa shape index (κ2) is 4.44. The Morgan fingerprint density at radius 3 is 2.75 bits per heavy atom. The van der Waals surface area contributed by atoms with Crippen LogP contribution in [-0.2, 0) is 0 Å². The summed E-state index contributed by atoms with van der Waals surface area (Å²) in [5, 5.41) is 7.49. The van der Waals surface area contributed by atoms with Gasteiger partial charge in [-0.2, -0.15) is 5.10 Å². The number of nitrogens with two attached hydrogens (primary N) is 1. The summed E-state index contributed by atoms with van der Waals surface area (Å²) >= 11 is 0. The highest BCUT2D eigenvalue weighted by Gasteiger charge is 2.14. The molecule has 1 aromatic carbocycles. The van der Waals surface area contributed by atoms with E-state index in [1.165, 1.54) is 12.4 Å². The minimum Gasteiger partial charge on any atom is -0.383 e. The van der Waals surface area contributed by atoms with Crippen LogP contribution in [-0.4, -0.2) is 34.3 Å². The minimum atomic E-state index is -0.314. The van der Waals surface area contributed by atoms with Crippen LogP contribution in [0.4, 0.5) is 15.9 Å². The van der Waals surface area contributed by atoms with Gasteiger partial charge >= 0.3 is 0 Å². The van der Waals surface area contributed by atoms with Gasteiger partial charge in [0, 0.05) is 19.7 Å². The van der Waals surface area contributed by atoms with Crippen molar-refractivity contribution in [1.82, 2.24) is 20.2 Å². The van der Waals surface area contributed by atoms with Gasteiger partial charge in [-0.3, -0.25) is 5.10 Å². The maximum absolute atomic E-state index is 14.1. The number of rotatable bonds is 2. The fourth-order valence-electron chi connectivity index (χ4n) is 2.11. The summed E-state index contributed by atoms with van der Waals surface area (Å²) in [7, 11) is 3.57. The van der Waals surface area contributed by atoms with Crippen LogP contribution >= 0.6 is 0 Å². The molecule has 0 atom stereocenters. The van der Waals surface area contributed by atoms with Crippen LogP contribution in [0.2, 0.25) is 0 Å². The molecule has 6 nitrogen and oxygen atoms in total. The second-order valence-corrected chi connectivity index (χ2v) is 4.62. The number of benzene rings is 1. The van der Waals surface area contributed by atoms with E-state index in [9.17, 15) is 4.39 Å². The molecule has 2 heterocycles. The van der Waals surface area contributed by atoms with Gasteiger partial charge in [-0.1, -0.05) is 6.07 Å². The van der Waals surface area contributed by atoms with Crippen molar-refractivity contribution in [2.75, 3.05) is 24.7 Å². The van der Waals surface area contributed by atoms with Crippen molar-refractivity contribution in [3.8, 4) is 11.3 Å². The Bertz CT molecular complexity index is 780. The first-order valence-corrected chi connectivity index (χ1v) is 5.99. The number of H-pyrrole nitrogens is 1. The van der Waals surface area contributed by atoms with E-state index >= 15 is 0 Å². The van der Waals surface area contributed by atoms with Crippen molar-refractivity contribution >= 4 is 22.5 Å². The van der Waals surface area contributed by atoms with Gasteiger partial charge in [-0.25, -0.2) is 14.4 Å². The number of nitrogens with one attached hydrogen (secondary N) is 1. The number of hydrogen-bond acceptors (Lipinski definition) is 5. The maximum atomic E-state index is 14.1. The molecule has 0 aliphatic rings. The van der Waals surface area contributed by atoms with Gasteiger partial charge in [0.05, 0.1) is 16.8 Å². The van der Waals surface area contributed by atoms with E-state index in [2.05, 4.69) is 20.2 Å². The number of anilines is 2.